The Morgan fingerprint density at radius 1 is 1.24 bits per heavy atom. The summed E-state index contributed by atoms with van der Waals surface area (Å²) >= 11 is 0. The van der Waals surface area contributed by atoms with E-state index in [1.807, 2.05) is 6.92 Å². The van der Waals surface area contributed by atoms with Crippen LogP contribution in [0, 0.1) is 11.3 Å². The number of fused-ring (bicyclic) bond motifs is 1. The van der Waals surface area contributed by atoms with Crippen LogP contribution < -0.4 is 20.3 Å². The Labute approximate surface area is 143 Å². The number of anilines is 2. The van der Waals surface area contributed by atoms with Crippen LogP contribution in [0.1, 0.15) is 18.2 Å². The van der Waals surface area contributed by atoms with E-state index in [2.05, 4.69) is 21.5 Å². The fourth-order valence-corrected chi connectivity index (χ4v) is 2.49. The smallest absolute Gasteiger partial charge is 0.272 e. The van der Waals surface area contributed by atoms with E-state index in [-0.39, 0.29) is 11.1 Å². The highest BCUT2D eigenvalue weighted by atomic mass is 16.5. The molecule has 0 radical (unpaired) electrons. The molecule has 0 bridgehead atoms. The van der Waals surface area contributed by atoms with E-state index in [9.17, 15) is 10.1 Å². The molecule has 0 saturated heterocycles. The van der Waals surface area contributed by atoms with Gasteiger partial charge in [-0.25, -0.2) is 4.98 Å². The van der Waals surface area contributed by atoms with E-state index in [0.29, 0.717) is 40.8 Å². The second kappa shape index (κ2) is 6.57. The first kappa shape index (κ1) is 16.4. The molecule has 0 fully saturated rings. The van der Waals surface area contributed by atoms with E-state index in [1.165, 1.54) is 10.6 Å². The van der Waals surface area contributed by atoms with Gasteiger partial charge in [0.05, 0.1) is 14.2 Å². The maximum absolute atomic E-state index is 12.2. The molecule has 2 N–H and O–H groups in total. The summed E-state index contributed by atoms with van der Waals surface area (Å²) in [4.78, 5) is 16.6. The number of rotatable bonds is 5. The van der Waals surface area contributed by atoms with E-state index in [4.69, 9.17) is 9.47 Å². The Morgan fingerprint density at radius 3 is 2.48 bits per heavy atom. The largest absolute Gasteiger partial charge is 0.497 e. The number of ether oxygens (including phenoxy) is 2. The Hall–Kier alpha value is -3.47. The molecule has 1 aromatic carbocycles. The molecule has 8 nitrogen and oxygen atoms in total. The first-order chi connectivity index (χ1) is 12.1. The number of aromatic nitrogens is 3. The highest BCUT2D eigenvalue weighted by Gasteiger charge is 2.15. The van der Waals surface area contributed by atoms with Gasteiger partial charge < -0.3 is 14.8 Å². The van der Waals surface area contributed by atoms with Crippen molar-refractivity contribution in [3.63, 3.8) is 0 Å². The average Bonchev–Trinajstić information content (AvgIpc) is 2.98. The summed E-state index contributed by atoms with van der Waals surface area (Å²) in [7, 11) is 3.11. The van der Waals surface area contributed by atoms with E-state index in [0.717, 1.165) is 0 Å². The Morgan fingerprint density at radius 2 is 1.92 bits per heavy atom. The summed E-state index contributed by atoms with van der Waals surface area (Å²) in [6, 6.07) is 8.79. The van der Waals surface area contributed by atoms with Gasteiger partial charge >= 0.3 is 0 Å². The monoisotopic (exact) mass is 339 g/mol. The van der Waals surface area contributed by atoms with Crippen molar-refractivity contribution in [2.75, 3.05) is 19.5 Å². The maximum atomic E-state index is 12.2. The first-order valence-corrected chi connectivity index (χ1v) is 7.64. The molecule has 3 rings (SSSR count). The lowest BCUT2D eigenvalue weighted by atomic mass is 10.2. The maximum Gasteiger partial charge on any atom is 0.272 e. The van der Waals surface area contributed by atoms with Crippen LogP contribution in [0.25, 0.3) is 5.65 Å². The van der Waals surface area contributed by atoms with Crippen LogP contribution in [0.3, 0.4) is 0 Å². The van der Waals surface area contributed by atoms with Crippen LogP contribution in [0.15, 0.2) is 29.1 Å². The highest BCUT2D eigenvalue weighted by Crippen LogP contribution is 2.29. The van der Waals surface area contributed by atoms with Crippen LogP contribution in [-0.4, -0.2) is 28.8 Å². The van der Waals surface area contributed by atoms with Crippen molar-refractivity contribution in [1.29, 1.82) is 5.26 Å². The highest BCUT2D eigenvalue weighted by molar-refractivity contribution is 5.73. The van der Waals surface area contributed by atoms with Gasteiger partial charge in [0, 0.05) is 35.6 Å². The number of methoxy groups -OCH3 is 2. The van der Waals surface area contributed by atoms with Gasteiger partial charge in [0.1, 0.15) is 28.9 Å². The third-order valence-electron chi connectivity index (χ3n) is 3.76. The van der Waals surface area contributed by atoms with Gasteiger partial charge in [-0.1, -0.05) is 6.92 Å². The summed E-state index contributed by atoms with van der Waals surface area (Å²) in [6.45, 7) is 1.90. The third kappa shape index (κ3) is 2.99. The molecule has 2 heterocycles. The SMILES string of the molecule is CCc1cc(=O)n2[nH]c(Nc3cc(OC)cc(OC)c3)c(C#N)c2n1. The zero-order valence-corrected chi connectivity index (χ0v) is 14.1. The number of benzene rings is 1. The molecule has 0 atom stereocenters. The van der Waals surface area contributed by atoms with Crippen LogP contribution in [0.4, 0.5) is 11.5 Å². The van der Waals surface area contributed by atoms with Gasteiger partial charge in [0.25, 0.3) is 5.56 Å². The van der Waals surface area contributed by atoms with Gasteiger partial charge in [-0.05, 0) is 6.42 Å². The molecule has 128 valence electrons. The zero-order chi connectivity index (χ0) is 18.0. The predicted octanol–water partition coefficient (Wildman–Crippen LogP) is 2.22. The summed E-state index contributed by atoms with van der Waals surface area (Å²) in [5.74, 6) is 1.57. The van der Waals surface area contributed by atoms with Crippen molar-refractivity contribution in [2.24, 2.45) is 0 Å². The number of nitrogens with zero attached hydrogens (tertiary/aromatic N) is 3. The third-order valence-corrected chi connectivity index (χ3v) is 3.76. The molecule has 25 heavy (non-hydrogen) atoms. The van der Waals surface area contributed by atoms with Crippen LogP contribution in [0.2, 0.25) is 0 Å². The van der Waals surface area contributed by atoms with Gasteiger partial charge in [-0.15, -0.1) is 0 Å². The van der Waals surface area contributed by atoms with E-state index < -0.39 is 0 Å². The van der Waals surface area contributed by atoms with E-state index >= 15 is 0 Å². The van der Waals surface area contributed by atoms with Crippen molar-refractivity contribution in [1.82, 2.24) is 14.6 Å². The van der Waals surface area contributed by atoms with Crippen LogP contribution in [0.5, 0.6) is 11.5 Å². The van der Waals surface area contributed by atoms with Gasteiger partial charge in [0.15, 0.2) is 5.65 Å². The lowest BCUT2D eigenvalue weighted by molar-refractivity contribution is 0.395. The molecular formula is C17H17N5O3. The van der Waals surface area contributed by atoms with Crippen LogP contribution in [-0.2, 0) is 6.42 Å². The molecule has 2 aromatic heterocycles. The minimum absolute atomic E-state index is 0.259. The number of hydrogen-bond donors (Lipinski definition) is 2. The fourth-order valence-electron chi connectivity index (χ4n) is 2.49. The molecule has 0 aliphatic carbocycles. The summed E-state index contributed by atoms with van der Waals surface area (Å²) < 4.78 is 11.7. The molecule has 8 heteroatoms. The van der Waals surface area contributed by atoms with Crippen molar-refractivity contribution >= 4 is 17.2 Å². The van der Waals surface area contributed by atoms with Gasteiger partial charge in [-0.3, -0.25) is 9.89 Å². The first-order valence-electron chi connectivity index (χ1n) is 7.64. The summed E-state index contributed by atoms with van der Waals surface area (Å²) in [5.41, 5.74) is 1.56. The topological polar surface area (TPSA) is 104 Å². The predicted molar refractivity (Wildman–Crippen MR) is 92.7 cm³/mol. The number of aromatic amines is 1. The number of hydrogen-bond acceptors (Lipinski definition) is 6. The van der Waals surface area contributed by atoms with Crippen molar-refractivity contribution < 1.29 is 9.47 Å². The van der Waals surface area contributed by atoms with Gasteiger partial charge in [-0.2, -0.15) is 9.78 Å². The standard InChI is InChI=1S/C17H17N5O3/c1-4-10-7-15(23)22-17(20-10)14(9-18)16(21-22)19-11-5-12(24-2)8-13(6-11)25-3/h5-8,19,21H,4H2,1-3H3. The summed E-state index contributed by atoms with van der Waals surface area (Å²) in [5, 5.41) is 15.5. The molecule has 0 spiro atoms. The van der Waals surface area contributed by atoms with Crippen molar-refractivity contribution in [3.05, 3.63) is 45.9 Å². The Balaban J connectivity index is 2.12. The molecule has 0 unspecified atom stereocenters. The average molecular weight is 339 g/mol. The lowest BCUT2D eigenvalue weighted by Gasteiger charge is -2.09. The minimum atomic E-state index is -0.269. The number of nitrogens with one attached hydrogen (secondary N) is 2. The second-order valence-electron chi connectivity index (χ2n) is 5.30. The molecule has 0 aliphatic heterocycles. The number of H-pyrrole nitrogens is 1. The second-order valence-corrected chi connectivity index (χ2v) is 5.30. The molecule has 0 saturated carbocycles. The molecule has 0 amide bonds. The fraction of sp³-hybridized carbons (Fsp3) is 0.235. The number of aryl methyl sites for hydroxylation is 1. The van der Waals surface area contributed by atoms with Crippen molar-refractivity contribution in [2.45, 2.75) is 13.3 Å². The molecule has 3 aromatic rings. The lowest BCUT2D eigenvalue weighted by Crippen LogP contribution is -2.15. The zero-order valence-electron chi connectivity index (χ0n) is 14.1. The molecular weight excluding hydrogens is 322 g/mol. The van der Waals surface area contributed by atoms with Crippen LogP contribution >= 0.6 is 0 Å². The summed E-state index contributed by atoms with van der Waals surface area (Å²) in [6.07, 6.45) is 0.609. The molecule has 0 aliphatic rings. The Bertz CT molecular complexity index is 1010. The van der Waals surface area contributed by atoms with E-state index in [1.54, 1.807) is 32.4 Å². The Kier molecular flexibility index (Phi) is 4.31. The quantitative estimate of drug-likeness (QED) is 0.738. The normalized spacial score (nSPS) is 10.5. The minimum Gasteiger partial charge on any atom is -0.497 e. The number of nitriles is 1. The van der Waals surface area contributed by atoms with Crippen molar-refractivity contribution in [3.8, 4) is 17.6 Å². The van der Waals surface area contributed by atoms with Gasteiger partial charge in [0.2, 0.25) is 0 Å².